The zero-order chi connectivity index (χ0) is 15.9. The van der Waals surface area contributed by atoms with Gasteiger partial charge in [0, 0.05) is 19.7 Å². The van der Waals surface area contributed by atoms with Gasteiger partial charge in [0.2, 0.25) is 0 Å². The number of hydrogen-bond acceptors (Lipinski definition) is 2. The molecule has 0 spiro atoms. The van der Waals surface area contributed by atoms with Gasteiger partial charge in [-0.1, -0.05) is 30.3 Å². The Kier molecular flexibility index (Phi) is 5.98. The quantitative estimate of drug-likeness (QED) is 0.769. The first-order chi connectivity index (χ1) is 10.6. The standard InChI is InChI=1S/C17H18F3NO/c18-15-8-12(9-16(19)17(15)20)10-21-11-14(6-7-22)13-4-2-1-3-5-13/h1-5,8-9,14,21-22H,6-7,10-11H2. The Bertz CT molecular complexity index is 581. The fourth-order valence-electron chi connectivity index (χ4n) is 2.37. The molecule has 0 aromatic heterocycles. The molecule has 2 N–H and O–H groups in total. The lowest BCUT2D eigenvalue weighted by molar-refractivity contribution is 0.273. The zero-order valence-electron chi connectivity index (χ0n) is 12.0. The van der Waals surface area contributed by atoms with Gasteiger partial charge in [0.15, 0.2) is 17.5 Å². The third kappa shape index (κ3) is 4.32. The first-order valence-electron chi connectivity index (χ1n) is 7.11. The highest BCUT2D eigenvalue weighted by Gasteiger charge is 2.12. The second-order valence-electron chi connectivity index (χ2n) is 5.12. The molecular formula is C17H18F3NO. The molecule has 22 heavy (non-hydrogen) atoms. The van der Waals surface area contributed by atoms with Crippen molar-refractivity contribution in [3.05, 3.63) is 71.0 Å². The molecular weight excluding hydrogens is 291 g/mol. The lowest BCUT2D eigenvalue weighted by atomic mass is 9.96. The van der Waals surface area contributed by atoms with Crippen LogP contribution in [0.25, 0.3) is 0 Å². The van der Waals surface area contributed by atoms with E-state index >= 15 is 0 Å². The third-order valence-electron chi connectivity index (χ3n) is 3.51. The summed E-state index contributed by atoms with van der Waals surface area (Å²) in [5.41, 5.74) is 1.42. The Balaban J connectivity index is 1.96. The average molecular weight is 309 g/mol. The van der Waals surface area contributed by atoms with Crippen LogP contribution in [-0.2, 0) is 6.54 Å². The van der Waals surface area contributed by atoms with E-state index in [9.17, 15) is 13.2 Å². The maximum atomic E-state index is 13.1. The highest BCUT2D eigenvalue weighted by Crippen LogP contribution is 2.19. The molecule has 0 saturated carbocycles. The van der Waals surface area contributed by atoms with Crippen LogP contribution in [0.15, 0.2) is 42.5 Å². The largest absolute Gasteiger partial charge is 0.396 e. The van der Waals surface area contributed by atoms with Crippen LogP contribution in [0.4, 0.5) is 13.2 Å². The summed E-state index contributed by atoms with van der Waals surface area (Å²) in [4.78, 5) is 0. The lowest BCUT2D eigenvalue weighted by Gasteiger charge is -2.17. The van der Waals surface area contributed by atoms with Crippen molar-refractivity contribution in [2.45, 2.75) is 18.9 Å². The molecule has 0 amide bonds. The second kappa shape index (κ2) is 7.96. The van der Waals surface area contributed by atoms with Crippen molar-refractivity contribution < 1.29 is 18.3 Å². The lowest BCUT2D eigenvalue weighted by Crippen LogP contribution is -2.22. The monoisotopic (exact) mass is 309 g/mol. The van der Waals surface area contributed by atoms with Crippen LogP contribution in [-0.4, -0.2) is 18.3 Å². The topological polar surface area (TPSA) is 32.3 Å². The van der Waals surface area contributed by atoms with E-state index in [-0.39, 0.29) is 19.1 Å². The van der Waals surface area contributed by atoms with Crippen LogP contribution in [0.2, 0.25) is 0 Å². The Morgan fingerprint density at radius 1 is 1.00 bits per heavy atom. The van der Waals surface area contributed by atoms with Crippen LogP contribution in [0.1, 0.15) is 23.5 Å². The van der Waals surface area contributed by atoms with Gasteiger partial charge in [-0.05, 0) is 35.6 Å². The van der Waals surface area contributed by atoms with Gasteiger partial charge in [-0.15, -0.1) is 0 Å². The summed E-state index contributed by atoms with van der Waals surface area (Å²) in [6.45, 7) is 0.828. The summed E-state index contributed by atoms with van der Waals surface area (Å²) in [6, 6.07) is 11.7. The number of rotatable bonds is 7. The molecule has 118 valence electrons. The highest BCUT2D eigenvalue weighted by molar-refractivity contribution is 5.21. The molecule has 0 aliphatic carbocycles. The van der Waals surface area contributed by atoms with E-state index < -0.39 is 17.5 Å². The van der Waals surface area contributed by atoms with E-state index in [1.807, 2.05) is 30.3 Å². The molecule has 0 fully saturated rings. The number of aliphatic hydroxyl groups is 1. The number of nitrogens with one attached hydrogen (secondary N) is 1. The van der Waals surface area contributed by atoms with Crippen molar-refractivity contribution in [1.82, 2.24) is 5.32 Å². The fourth-order valence-corrected chi connectivity index (χ4v) is 2.37. The second-order valence-corrected chi connectivity index (χ2v) is 5.12. The number of aliphatic hydroxyl groups excluding tert-OH is 1. The zero-order valence-corrected chi connectivity index (χ0v) is 12.0. The molecule has 2 nitrogen and oxygen atoms in total. The van der Waals surface area contributed by atoms with Gasteiger partial charge < -0.3 is 10.4 Å². The minimum atomic E-state index is -1.45. The number of hydrogen-bond donors (Lipinski definition) is 2. The highest BCUT2D eigenvalue weighted by atomic mass is 19.2. The van der Waals surface area contributed by atoms with Gasteiger partial charge in [0.05, 0.1) is 0 Å². The SMILES string of the molecule is OCCC(CNCc1cc(F)c(F)c(F)c1)c1ccccc1. The van der Waals surface area contributed by atoms with Gasteiger partial charge in [-0.3, -0.25) is 0 Å². The summed E-state index contributed by atoms with van der Waals surface area (Å²) in [5.74, 6) is -3.73. The predicted molar refractivity (Wildman–Crippen MR) is 78.9 cm³/mol. The summed E-state index contributed by atoms with van der Waals surface area (Å²) in [6.07, 6.45) is 0.586. The van der Waals surface area contributed by atoms with E-state index in [1.54, 1.807) is 0 Å². The molecule has 0 radical (unpaired) electrons. The maximum absolute atomic E-state index is 13.1. The molecule has 0 aliphatic rings. The van der Waals surface area contributed by atoms with Gasteiger partial charge in [0.25, 0.3) is 0 Å². The predicted octanol–water partition coefficient (Wildman–Crippen LogP) is 3.36. The molecule has 2 aromatic carbocycles. The smallest absolute Gasteiger partial charge is 0.194 e. The van der Waals surface area contributed by atoms with Crippen molar-refractivity contribution in [3.63, 3.8) is 0 Å². The van der Waals surface area contributed by atoms with Crippen molar-refractivity contribution in [3.8, 4) is 0 Å². The molecule has 2 aromatic rings. The van der Waals surface area contributed by atoms with Gasteiger partial charge in [0.1, 0.15) is 0 Å². The third-order valence-corrected chi connectivity index (χ3v) is 3.51. The van der Waals surface area contributed by atoms with Crippen LogP contribution >= 0.6 is 0 Å². The average Bonchev–Trinajstić information content (AvgIpc) is 2.52. The van der Waals surface area contributed by atoms with Crippen LogP contribution in [0, 0.1) is 17.5 Å². The molecule has 5 heteroatoms. The number of halogens is 3. The minimum Gasteiger partial charge on any atom is -0.396 e. The Morgan fingerprint density at radius 3 is 2.23 bits per heavy atom. The van der Waals surface area contributed by atoms with Crippen molar-refractivity contribution >= 4 is 0 Å². The van der Waals surface area contributed by atoms with Crippen molar-refractivity contribution in [1.29, 1.82) is 0 Å². The van der Waals surface area contributed by atoms with E-state index in [4.69, 9.17) is 5.11 Å². The Hall–Kier alpha value is -1.85. The van der Waals surface area contributed by atoms with Crippen LogP contribution in [0.3, 0.4) is 0 Å². The van der Waals surface area contributed by atoms with Gasteiger partial charge in [-0.2, -0.15) is 0 Å². The van der Waals surface area contributed by atoms with Crippen LogP contribution in [0.5, 0.6) is 0 Å². The van der Waals surface area contributed by atoms with E-state index in [0.29, 0.717) is 18.5 Å². The molecule has 0 aliphatic heterocycles. The first-order valence-corrected chi connectivity index (χ1v) is 7.11. The maximum Gasteiger partial charge on any atom is 0.194 e. The molecule has 1 unspecified atom stereocenters. The van der Waals surface area contributed by atoms with Crippen molar-refractivity contribution in [2.24, 2.45) is 0 Å². The van der Waals surface area contributed by atoms with E-state index in [2.05, 4.69) is 5.32 Å². The number of benzene rings is 2. The van der Waals surface area contributed by atoms with Crippen LogP contribution < -0.4 is 5.32 Å². The molecule has 1 atom stereocenters. The minimum absolute atomic E-state index is 0.0566. The normalized spacial score (nSPS) is 12.4. The summed E-state index contributed by atoms with van der Waals surface area (Å²) < 4.78 is 39.2. The van der Waals surface area contributed by atoms with Gasteiger partial charge >= 0.3 is 0 Å². The molecule has 2 rings (SSSR count). The Labute approximate surface area is 127 Å². The summed E-state index contributed by atoms with van der Waals surface area (Å²) in [7, 11) is 0. The molecule has 0 heterocycles. The van der Waals surface area contributed by atoms with Gasteiger partial charge in [-0.25, -0.2) is 13.2 Å². The molecule has 0 bridgehead atoms. The summed E-state index contributed by atoms with van der Waals surface area (Å²) in [5, 5.41) is 12.2. The fraction of sp³-hybridized carbons (Fsp3) is 0.294. The van der Waals surface area contributed by atoms with Crippen molar-refractivity contribution in [2.75, 3.05) is 13.2 Å². The molecule has 0 saturated heterocycles. The Morgan fingerprint density at radius 2 is 1.64 bits per heavy atom. The van der Waals surface area contributed by atoms with E-state index in [0.717, 1.165) is 17.7 Å². The summed E-state index contributed by atoms with van der Waals surface area (Å²) >= 11 is 0. The first kappa shape index (κ1) is 16.5. The van der Waals surface area contributed by atoms with E-state index in [1.165, 1.54) is 0 Å².